The van der Waals surface area contributed by atoms with Crippen LogP contribution in [0.3, 0.4) is 0 Å². The summed E-state index contributed by atoms with van der Waals surface area (Å²) in [5.41, 5.74) is 0.345. The van der Waals surface area contributed by atoms with E-state index in [1.807, 2.05) is 0 Å². The average Bonchev–Trinajstić information content (AvgIpc) is 2.27. The lowest BCUT2D eigenvalue weighted by Gasteiger charge is -2.04. The first-order valence-electron chi connectivity index (χ1n) is 5.06. The first-order valence-corrected chi connectivity index (χ1v) is 5.85. The van der Waals surface area contributed by atoms with Gasteiger partial charge < -0.3 is 4.74 Å². The van der Waals surface area contributed by atoms with Crippen LogP contribution >= 0.6 is 15.9 Å². The fourth-order valence-electron chi connectivity index (χ4n) is 1.14. The molecule has 0 spiro atoms. The number of carbonyl (C=O) groups is 1. The summed E-state index contributed by atoms with van der Waals surface area (Å²) >= 11 is 3.18. The van der Waals surface area contributed by atoms with Gasteiger partial charge in [-0.05, 0) is 34.5 Å². The van der Waals surface area contributed by atoms with Crippen molar-refractivity contribution < 1.29 is 22.7 Å². The molecule has 0 amide bonds. The van der Waals surface area contributed by atoms with Crippen molar-refractivity contribution in [3.8, 4) is 0 Å². The molecule has 98 valence electrons. The highest BCUT2D eigenvalue weighted by Gasteiger charge is 2.21. The lowest BCUT2D eigenvalue weighted by atomic mass is 10.2. The number of alkyl halides is 3. The zero-order valence-electron chi connectivity index (χ0n) is 9.21. The maximum atomic E-state index is 11.8. The number of hydrogen-bond donors (Lipinski definition) is 0. The van der Waals surface area contributed by atoms with Gasteiger partial charge in [-0.15, -0.1) is 0 Å². The Balaban J connectivity index is 2.39. The van der Waals surface area contributed by atoms with Gasteiger partial charge in [-0.2, -0.15) is 13.2 Å². The molecule has 1 aromatic carbocycles. The molecule has 18 heavy (non-hydrogen) atoms. The molecule has 1 rings (SSSR count). The van der Waals surface area contributed by atoms with Gasteiger partial charge in [0.1, 0.15) is 0 Å². The molecule has 2 nitrogen and oxygen atoms in total. The van der Waals surface area contributed by atoms with Crippen LogP contribution < -0.4 is 0 Å². The van der Waals surface area contributed by atoms with E-state index in [2.05, 4.69) is 15.9 Å². The minimum absolute atomic E-state index is 0.0235. The van der Waals surface area contributed by atoms with Crippen molar-refractivity contribution in [1.29, 1.82) is 0 Å². The van der Waals surface area contributed by atoms with Gasteiger partial charge in [-0.25, -0.2) is 4.79 Å². The minimum Gasteiger partial charge on any atom is -0.462 e. The van der Waals surface area contributed by atoms with Crippen LogP contribution in [0, 0.1) is 0 Å². The molecule has 0 radical (unpaired) electrons. The van der Waals surface area contributed by atoms with E-state index in [0.29, 0.717) is 10.0 Å². The quantitative estimate of drug-likeness (QED) is 0.473. The molecule has 0 heterocycles. The first-order chi connectivity index (χ1) is 8.40. The van der Waals surface area contributed by atoms with Gasteiger partial charge in [0.05, 0.1) is 12.2 Å². The summed E-state index contributed by atoms with van der Waals surface area (Å²) in [5, 5.41) is 0. The van der Waals surface area contributed by atoms with Crippen LogP contribution in [-0.4, -0.2) is 18.8 Å². The SMILES string of the molecule is O=C(OCC/C=C/C(F)(F)F)c1ccccc1Br. The van der Waals surface area contributed by atoms with Gasteiger partial charge in [0.2, 0.25) is 0 Å². The van der Waals surface area contributed by atoms with Gasteiger partial charge in [0.25, 0.3) is 0 Å². The molecule has 0 saturated heterocycles. The Bertz CT molecular complexity index is 441. The number of ether oxygens (including phenoxy) is 1. The van der Waals surface area contributed by atoms with Crippen LogP contribution in [0.1, 0.15) is 16.8 Å². The fourth-order valence-corrected chi connectivity index (χ4v) is 1.59. The lowest BCUT2D eigenvalue weighted by Crippen LogP contribution is -2.07. The molecule has 0 fully saturated rings. The summed E-state index contributed by atoms with van der Waals surface area (Å²) in [7, 11) is 0. The predicted octanol–water partition coefficient (Wildman–Crippen LogP) is 4.11. The van der Waals surface area contributed by atoms with E-state index in [4.69, 9.17) is 4.74 Å². The second-order valence-corrected chi connectivity index (χ2v) is 4.20. The van der Waals surface area contributed by atoms with Crippen molar-refractivity contribution in [3.63, 3.8) is 0 Å². The summed E-state index contributed by atoms with van der Waals surface area (Å²) in [6, 6.07) is 6.66. The predicted molar refractivity (Wildman–Crippen MR) is 64.2 cm³/mol. The van der Waals surface area contributed by atoms with Crippen molar-refractivity contribution in [2.45, 2.75) is 12.6 Å². The Morgan fingerprint density at radius 2 is 2.00 bits per heavy atom. The normalized spacial score (nSPS) is 11.8. The van der Waals surface area contributed by atoms with Gasteiger partial charge in [-0.1, -0.05) is 18.2 Å². The maximum absolute atomic E-state index is 11.8. The molecular formula is C12H10BrF3O2. The highest BCUT2D eigenvalue weighted by Crippen LogP contribution is 2.17. The Hall–Kier alpha value is -1.30. The smallest absolute Gasteiger partial charge is 0.409 e. The molecule has 0 aliphatic heterocycles. The second-order valence-electron chi connectivity index (χ2n) is 3.35. The fraction of sp³-hybridized carbons (Fsp3) is 0.250. The van der Waals surface area contributed by atoms with E-state index in [0.717, 1.165) is 6.08 Å². The standard InChI is InChI=1S/C12H10BrF3O2/c13-10-6-2-1-5-9(10)11(17)18-8-4-3-7-12(14,15)16/h1-3,5-7H,4,8H2/b7-3+. The zero-order valence-corrected chi connectivity index (χ0v) is 10.8. The van der Waals surface area contributed by atoms with E-state index < -0.39 is 12.1 Å². The topological polar surface area (TPSA) is 26.3 Å². The summed E-state index contributed by atoms with van der Waals surface area (Å²) in [4.78, 5) is 11.5. The molecule has 0 N–H and O–H groups in total. The van der Waals surface area contributed by atoms with E-state index in [1.54, 1.807) is 24.3 Å². The van der Waals surface area contributed by atoms with Gasteiger partial charge in [0, 0.05) is 10.5 Å². The van der Waals surface area contributed by atoms with Crippen molar-refractivity contribution in [2.75, 3.05) is 6.61 Å². The van der Waals surface area contributed by atoms with Crippen LogP contribution in [0.4, 0.5) is 13.2 Å². The summed E-state index contributed by atoms with van der Waals surface area (Å²) in [6.07, 6.45) is -3.26. The number of allylic oxidation sites excluding steroid dienone is 1. The molecular weight excluding hydrogens is 313 g/mol. The number of rotatable bonds is 4. The van der Waals surface area contributed by atoms with Crippen molar-refractivity contribution >= 4 is 21.9 Å². The third-order valence-electron chi connectivity index (χ3n) is 1.92. The Morgan fingerprint density at radius 3 is 2.61 bits per heavy atom. The summed E-state index contributed by atoms with van der Waals surface area (Å²) in [6.45, 7) is -0.0905. The Labute approximate surface area is 111 Å². The average molecular weight is 323 g/mol. The number of halogens is 4. The van der Waals surface area contributed by atoms with Crippen LogP contribution in [0.2, 0.25) is 0 Å². The number of hydrogen-bond acceptors (Lipinski definition) is 2. The highest BCUT2D eigenvalue weighted by atomic mass is 79.9. The molecule has 0 aromatic heterocycles. The first kappa shape index (κ1) is 14.8. The third kappa shape index (κ3) is 5.35. The molecule has 0 aliphatic carbocycles. The summed E-state index contributed by atoms with van der Waals surface area (Å²) < 4.78 is 40.7. The molecule has 0 saturated carbocycles. The number of esters is 1. The van der Waals surface area contributed by atoms with E-state index >= 15 is 0 Å². The van der Waals surface area contributed by atoms with Crippen LogP contribution in [0.25, 0.3) is 0 Å². The molecule has 1 aromatic rings. The van der Waals surface area contributed by atoms with Crippen molar-refractivity contribution in [2.24, 2.45) is 0 Å². The van der Waals surface area contributed by atoms with E-state index in [-0.39, 0.29) is 19.1 Å². The van der Waals surface area contributed by atoms with E-state index in [9.17, 15) is 18.0 Å². The Kier molecular flexibility index (Phi) is 5.40. The lowest BCUT2D eigenvalue weighted by molar-refractivity contribution is -0.0800. The highest BCUT2D eigenvalue weighted by molar-refractivity contribution is 9.10. The van der Waals surface area contributed by atoms with Crippen LogP contribution in [0.5, 0.6) is 0 Å². The zero-order chi connectivity index (χ0) is 13.6. The Morgan fingerprint density at radius 1 is 1.33 bits per heavy atom. The maximum Gasteiger partial charge on any atom is 0.409 e. The van der Waals surface area contributed by atoms with Crippen LogP contribution in [0.15, 0.2) is 40.9 Å². The third-order valence-corrected chi connectivity index (χ3v) is 2.61. The number of carbonyl (C=O) groups excluding carboxylic acids is 1. The van der Waals surface area contributed by atoms with E-state index in [1.165, 1.54) is 0 Å². The van der Waals surface area contributed by atoms with Gasteiger partial charge >= 0.3 is 12.1 Å². The number of benzene rings is 1. The minimum atomic E-state index is -4.33. The van der Waals surface area contributed by atoms with Gasteiger partial charge in [-0.3, -0.25) is 0 Å². The largest absolute Gasteiger partial charge is 0.462 e. The van der Waals surface area contributed by atoms with Crippen molar-refractivity contribution in [3.05, 3.63) is 46.5 Å². The molecule has 6 heteroatoms. The molecule has 0 aliphatic rings. The molecule has 0 unspecified atom stereocenters. The monoisotopic (exact) mass is 322 g/mol. The second kappa shape index (κ2) is 6.58. The molecule has 0 bridgehead atoms. The van der Waals surface area contributed by atoms with Crippen molar-refractivity contribution in [1.82, 2.24) is 0 Å². The van der Waals surface area contributed by atoms with Crippen LogP contribution in [-0.2, 0) is 4.74 Å². The summed E-state index contributed by atoms with van der Waals surface area (Å²) in [5.74, 6) is -0.567. The molecule has 0 atom stereocenters. The van der Waals surface area contributed by atoms with Gasteiger partial charge in [0.15, 0.2) is 0 Å².